The van der Waals surface area contributed by atoms with Gasteiger partial charge in [-0.05, 0) is 19.1 Å². The number of rotatable bonds is 3. The number of halogens is 1. The maximum atomic E-state index is 13.1. The lowest BCUT2D eigenvalue weighted by Gasteiger charge is -2.08. The zero-order chi connectivity index (χ0) is 11.5. The highest BCUT2D eigenvalue weighted by Gasteiger charge is 2.04. The molecule has 1 aromatic carbocycles. The van der Waals surface area contributed by atoms with Crippen LogP contribution in [-0.4, -0.2) is 4.98 Å². The number of benzene rings is 1. The molecule has 5 heteroatoms. The molecule has 3 nitrogen and oxygen atoms in total. The Bertz CT molecular complexity index is 496. The minimum atomic E-state index is -0.398. The van der Waals surface area contributed by atoms with Crippen LogP contribution < -0.4 is 11.1 Å². The zero-order valence-electron chi connectivity index (χ0n) is 8.83. The minimum absolute atomic E-state index is 0.156. The van der Waals surface area contributed by atoms with Crippen LogP contribution in [0.1, 0.15) is 9.88 Å². The Labute approximate surface area is 97.1 Å². The summed E-state index contributed by atoms with van der Waals surface area (Å²) in [7, 11) is 0. The van der Waals surface area contributed by atoms with Gasteiger partial charge in [0.05, 0.1) is 22.9 Å². The summed E-state index contributed by atoms with van der Waals surface area (Å²) in [5.41, 5.74) is 6.38. The van der Waals surface area contributed by atoms with E-state index in [-0.39, 0.29) is 5.69 Å². The molecule has 2 aromatic rings. The average molecular weight is 237 g/mol. The number of nitrogens with two attached hydrogens (primary N) is 1. The first-order valence-corrected chi connectivity index (χ1v) is 5.67. The summed E-state index contributed by atoms with van der Waals surface area (Å²) in [5.74, 6) is -0.398. The molecule has 1 heterocycles. The molecule has 1 aromatic heterocycles. The van der Waals surface area contributed by atoms with Gasteiger partial charge in [0.1, 0.15) is 5.82 Å². The van der Waals surface area contributed by atoms with E-state index in [1.165, 1.54) is 6.07 Å². The van der Waals surface area contributed by atoms with Crippen LogP contribution >= 0.6 is 11.3 Å². The van der Waals surface area contributed by atoms with Gasteiger partial charge in [-0.25, -0.2) is 9.37 Å². The van der Waals surface area contributed by atoms with E-state index >= 15 is 0 Å². The summed E-state index contributed by atoms with van der Waals surface area (Å²) in [5, 5.41) is 4.11. The van der Waals surface area contributed by atoms with Gasteiger partial charge in [0, 0.05) is 11.1 Å². The van der Waals surface area contributed by atoms with Crippen LogP contribution in [0, 0.1) is 12.7 Å². The Hall–Kier alpha value is -1.62. The Morgan fingerprint density at radius 1 is 1.50 bits per heavy atom. The molecule has 3 N–H and O–H groups in total. The molecule has 0 spiro atoms. The normalized spacial score (nSPS) is 10.4. The van der Waals surface area contributed by atoms with E-state index < -0.39 is 5.82 Å². The summed E-state index contributed by atoms with van der Waals surface area (Å²) < 4.78 is 13.1. The van der Waals surface area contributed by atoms with Gasteiger partial charge < -0.3 is 11.1 Å². The van der Waals surface area contributed by atoms with Crippen molar-refractivity contribution in [3.05, 3.63) is 40.1 Å². The monoisotopic (exact) mass is 237 g/mol. The van der Waals surface area contributed by atoms with Gasteiger partial charge in [0.2, 0.25) is 0 Å². The molecule has 0 radical (unpaired) electrons. The Kier molecular flexibility index (Phi) is 3.05. The Morgan fingerprint density at radius 3 is 3.00 bits per heavy atom. The Balaban J connectivity index is 2.07. The van der Waals surface area contributed by atoms with Crippen molar-refractivity contribution in [1.29, 1.82) is 0 Å². The predicted octanol–water partition coefficient (Wildman–Crippen LogP) is 2.78. The van der Waals surface area contributed by atoms with Crippen molar-refractivity contribution >= 4 is 22.7 Å². The van der Waals surface area contributed by atoms with Crippen LogP contribution in [-0.2, 0) is 6.54 Å². The van der Waals surface area contributed by atoms with E-state index in [0.29, 0.717) is 12.2 Å². The van der Waals surface area contributed by atoms with E-state index in [2.05, 4.69) is 10.3 Å². The van der Waals surface area contributed by atoms with Crippen molar-refractivity contribution in [2.45, 2.75) is 13.5 Å². The third-order valence-electron chi connectivity index (χ3n) is 2.18. The van der Waals surface area contributed by atoms with Crippen molar-refractivity contribution in [3.8, 4) is 0 Å². The number of hydrogen-bond acceptors (Lipinski definition) is 4. The molecule has 0 bridgehead atoms. The molecule has 0 aliphatic carbocycles. The number of hydrogen-bond donors (Lipinski definition) is 2. The summed E-state index contributed by atoms with van der Waals surface area (Å²) in [6, 6.07) is 4.73. The van der Waals surface area contributed by atoms with Crippen LogP contribution in [0.5, 0.6) is 0 Å². The lowest BCUT2D eigenvalue weighted by Crippen LogP contribution is -2.02. The topological polar surface area (TPSA) is 50.9 Å². The summed E-state index contributed by atoms with van der Waals surface area (Å²) in [6.45, 7) is 2.56. The van der Waals surface area contributed by atoms with E-state index in [9.17, 15) is 4.39 Å². The second-order valence-electron chi connectivity index (χ2n) is 3.40. The number of anilines is 2. The Morgan fingerprint density at radius 2 is 2.31 bits per heavy atom. The van der Waals surface area contributed by atoms with Crippen molar-refractivity contribution < 1.29 is 4.39 Å². The third kappa shape index (κ3) is 2.30. The van der Waals surface area contributed by atoms with Gasteiger partial charge in [0.15, 0.2) is 0 Å². The van der Waals surface area contributed by atoms with Crippen LogP contribution in [0.4, 0.5) is 15.8 Å². The number of nitrogens with zero attached hydrogens (tertiary/aromatic N) is 1. The van der Waals surface area contributed by atoms with E-state index in [4.69, 9.17) is 5.73 Å². The van der Waals surface area contributed by atoms with Gasteiger partial charge in [-0.2, -0.15) is 0 Å². The van der Waals surface area contributed by atoms with Crippen molar-refractivity contribution in [2.24, 2.45) is 0 Å². The molecule has 0 saturated heterocycles. The number of para-hydroxylation sites is 1. The first kappa shape index (κ1) is 10.9. The fourth-order valence-corrected chi connectivity index (χ4v) is 2.10. The molecular weight excluding hydrogens is 225 g/mol. The van der Waals surface area contributed by atoms with Gasteiger partial charge in [-0.15, -0.1) is 11.3 Å². The molecule has 0 unspecified atom stereocenters. The molecule has 0 fully saturated rings. The largest absolute Gasteiger partial charge is 0.395 e. The van der Waals surface area contributed by atoms with Crippen molar-refractivity contribution in [3.63, 3.8) is 0 Å². The number of aromatic nitrogens is 1. The zero-order valence-corrected chi connectivity index (χ0v) is 9.64. The standard InChI is InChI=1S/C11H12FN3S/c1-7-14-5-8(16-7)6-15-10-4-2-3-9(12)11(10)13/h2-5,15H,6,13H2,1H3. The summed E-state index contributed by atoms with van der Waals surface area (Å²) >= 11 is 1.61. The highest BCUT2D eigenvalue weighted by Crippen LogP contribution is 2.22. The molecule has 2 rings (SSSR count). The smallest absolute Gasteiger partial charge is 0.148 e. The highest BCUT2D eigenvalue weighted by atomic mass is 32.1. The second-order valence-corrected chi connectivity index (χ2v) is 4.72. The first-order chi connectivity index (χ1) is 7.66. The molecule has 0 saturated carbocycles. The molecule has 0 atom stereocenters. The first-order valence-electron chi connectivity index (χ1n) is 4.86. The van der Waals surface area contributed by atoms with Crippen LogP contribution in [0.15, 0.2) is 24.4 Å². The summed E-state index contributed by atoms with van der Waals surface area (Å²) in [4.78, 5) is 5.24. The van der Waals surface area contributed by atoms with E-state index in [1.54, 1.807) is 23.5 Å². The average Bonchev–Trinajstić information content (AvgIpc) is 2.67. The quantitative estimate of drug-likeness (QED) is 0.807. The fraction of sp³-hybridized carbons (Fsp3) is 0.182. The predicted molar refractivity (Wildman–Crippen MR) is 65.0 cm³/mol. The number of nitrogens with one attached hydrogen (secondary N) is 1. The number of thiazole rings is 1. The minimum Gasteiger partial charge on any atom is -0.395 e. The SMILES string of the molecule is Cc1ncc(CNc2cccc(F)c2N)s1. The van der Waals surface area contributed by atoms with E-state index in [0.717, 1.165) is 9.88 Å². The lowest BCUT2D eigenvalue weighted by molar-refractivity contribution is 0.633. The highest BCUT2D eigenvalue weighted by molar-refractivity contribution is 7.11. The molecule has 16 heavy (non-hydrogen) atoms. The fourth-order valence-electron chi connectivity index (χ4n) is 1.36. The lowest BCUT2D eigenvalue weighted by atomic mass is 10.2. The van der Waals surface area contributed by atoms with E-state index in [1.807, 2.05) is 13.1 Å². The summed E-state index contributed by atoms with van der Waals surface area (Å²) in [6.07, 6.45) is 1.81. The molecular formula is C11H12FN3S. The van der Waals surface area contributed by atoms with Crippen LogP contribution in [0.25, 0.3) is 0 Å². The molecule has 0 aliphatic rings. The van der Waals surface area contributed by atoms with Gasteiger partial charge in [0.25, 0.3) is 0 Å². The van der Waals surface area contributed by atoms with Crippen molar-refractivity contribution in [2.75, 3.05) is 11.1 Å². The van der Waals surface area contributed by atoms with Gasteiger partial charge in [-0.1, -0.05) is 6.07 Å². The number of nitrogen functional groups attached to an aromatic ring is 1. The molecule has 84 valence electrons. The second kappa shape index (κ2) is 4.49. The maximum Gasteiger partial charge on any atom is 0.148 e. The van der Waals surface area contributed by atoms with Crippen molar-refractivity contribution in [1.82, 2.24) is 4.98 Å². The van der Waals surface area contributed by atoms with Crippen LogP contribution in [0.2, 0.25) is 0 Å². The van der Waals surface area contributed by atoms with Gasteiger partial charge >= 0.3 is 0 Å². The van der Waals surface area contributed by atoms with Crippen LogP contribution in [0.3, 0.4) is 0 Å². The maximum absolute atomic E-state index is 13.1. The molecule has 0 amide bonds. The van der Waals surface area contributed by atoms with Gasteiger partial charge in [-0.3, -0.25) is 0 Å². The number of aryl methyl sites for hydroxylation is 1. The molecule has 0 aliphatic heterocycles. The third-order valence-corrected chi connectivity index (χ3v) is 3.09.